The summed E-state index contributed by atoms with van der Waals surface area (Å²) in [6.07, 6.45) is 2.51. The third kappa shape index (κ3) is 3.57. The van der Waals surface area contributed by atoms with Crippen LogP contribution in [-0.4, -0.2) is 26.9 Å². The van der Waals surface area contributed by atoms with E-state index in [-0.39, 0.29) is 11.9 Å². The molecule has 0 N–H and O–H groups in total. The molecule has 1 unspecified atom stereocenters. The van der Waals surface area contributed by atoms with Crippen molar-refractivity contribution in [2.45, 2.75) is 25.9 Å². The summed E-state index contributed by atoms with van der Waals surface area (Å²) < 4.78 is 2.26. The maximum Gasteiger partial charge on any atom is 0.227 e. The molecule has 5 rings (SSSR count). The summed E-state index contributed by atoms with van der Waals surface area (Å²) in [6.45, 7) is 3.56. The summed E-state index contributed by atoms with van der Waals surface area (Å²) in [5, 5.41) is 3.13. The Bertz CT molecular complexity index is 1160. The van der Waals surface area contributed by atoms with E-state index in [1.165, 1.54) is 5.69 Å². The third-order valence-electron chi connectivity index (χ3n) is 5.70. The van der Waals surface area contributed by atoms with Gasteiger partial charge >= 0.3 is 0 Å². The molecule has 0 bridgehead atoms. The van der Waals surface area contributed by atoms with Gasteiger partial charge in [-0.2, -0.15) is 0 Å². The molecule has 0 aliphatic carbocycles. The summed E-state index contributed by atoms with van der Waals surface area (Å²) >= 11 is 1.65. The number of nitrogens with zero attached hydrogens (tertiary/aromatic N) is 3. The molecule has 0 fully saturated rings. The van der Waals surface area contributed by atoms with Gasteiger partial charge in [-0.1, -0.05) is 54.6 Å². The molecular weight excluding hydrogens is 390 g/mol. The number of carbonyl (C=O) groups is 1. The van der Waals surface area contributed by atoms with Crippen LogP contribution in [-0.2, 0) is 17.8 Å². The highest BCUT2D eigenvalue weighted by Crippen LogP contribution is 2.33. The van der Waals surface area contributed by atoms with E-state index >= 15 is 0 Å². The number of benzene rings is 2. The van der Waals surface area contributed by atoms with Crippen molar-refractivity contribution in [1.82, 2.24) is 14.5 Å². The van der Waals surface area contributed by atoms with Crippen LogP contribution >= 0.6 is 11.3 Å². The highest BCUT2D eigenvalue weighted by atomic mass is 32.1. The first-order valence-electron chi connectivity index (χ1n) is 10.2. The maximum atomic E-state index is 13.3. The molecule has 0 saturated heterocycles. The van der Waals surface area contributed by atoms with E-state index in [1.807, 2.05) is 42.2 Å². The number of aryl methyl sites for hydroxylation is 1. The standard InChI is InChI=1S/C25H23N3OS/c1-18-26-22(17-30-18)20-11-9-19(10-12-20)16-24(29)28-15-14-27-13-5-8-23(27)25(28)21-6-3-2-4-7-21/h2-13,17,25H,14-16H2,1H3. The molecule has 0 saturated carbocycles. The number of carbonyl (C=O) groups excluding carboxylic acids is 1. The average Bonchev–Trinajstić information content (AvgIpc) is 3.43. The molecule has 5 heteroatoms. The molecule has 1 amide bonds. The SMILES string of the molecule is Cc1nc(-c2ccc(CC(=O)N3CCn4cccc4C3c3ccccc3)cc2)cs1. The first-order chi connectivity index (χ1) is 14.7. The summed E-state index contributed by atoms with van der Waals surface area (Å²) in [7, 11) is 0. The molecule has 2 aromatic heterocycles. The van der Waals surface area contributed by atoms with Crippen molar-refractivity contribution < 1.29 is 4.79 Å². The summed E-state index contributed by atoms with van der Waals surface area (Å²) in [6, 6.07) is 22.7. The Morgan fingerprint density at radius 3 is 2.57 bits per heavy atom. The van der Waals surface area contributed by atoms with Crippen LogP contribution in [0.3, 0.4) is 0 Å². The molecule has 4 nitrogen and oxygen atoms in total. The predicted molar refractivity (Wildman–Crippen MR) is 120 cm³/mol. The Morgan fingerprint density at radius 1 is 1.03 bits per heavy atom. The van der Waals surface area contributed by atoms with Crippen LogP contribution in [0.15, 0.2) is 78.3 Å². The van der Waals surface area contributed by atoms with Crippen molar-refractivity contribution in [1.29, 1.82) is 0 Å². The van der Waals surface area contributed by atoms with Gasteiger partial charge in [0.2, 0.25) is 5.91 Å². The van der Waals surface area contributed by atoms with Crippen molar-refractivity contribution in [2.75, 3.05) is 6.54 Å². The van der Waals surface area contributed by atoms with Crippen molar-refractivity contribution in [3.8, 4) is 11.3 Å². The molecular formula is C25H23N3OS. The van der Waals surface area contributed by atoms with Crippen molar-refractivity contribution in [3.05, 3.63) is 100 Å². The fourth-order valence-corrected chi connectivity index (χ4v) is 4.83. The zero-order valence-corrected chi connectivity index (χ0v) is 17.7. The largest absolute Gasteiger partial charge is 0.348 e. The van der Waals surface area contributed by atoms with Crippen LogP contribution in [0.5, 0.6) is 0 Å². The summed E-state index contributed by atoms with van der Waals surface area (Å²) in [4.78, 5) is 19.9. The zero-order valence-electron chi connectivity index (χ0n) is 16.9. The maximum absolute atomic E-state index is 13.3. The molecule has 30 heavy (non-hydrogen) atoms. The Hall–Kier alpha value is -3.18. The lowest BCUT2D eigenvalue weighted by molar-refractivity contribution is -0.133. The Kier molecular flexibility index (Phi) is 4.97. The highest BCUT2D eigenvalue weighted by molar-refractivity contribution is 7.09. The number of aromatic nitrogens is 2. The van der Waals surface area contributed by atoms with Gasteiger partial charge in [0.25, 0.3) is 0 Å². The number of rotatable bonds is 4. The second-order valence-corrected chi connectivity index (χ2v) is 8.71. The van der Waals surface area contributed by atoms with E-state index in [4.69, 9.17) is 0 Å². The summed E-state index contributed by atoms with van der Waals surface area (Å²) in [5.74, 6) is 0.161. The molecule has 3 heterocycles. The number of thiazole rings is 1. The molecule has 1 aliphatic heterocycles. The minimum absolute atomic E-state index is 0.0419. The lowest BCUT2D eigenvalue weighted by Gasteiger charge is -2.37. The number of amides is 1. The molecule has 1 aliphatic rings. The molecule has 1 atom stereocenters. The number of fused-ring (bicyclic) bond motifs is 1. The van der Waals surface area contributed by atoms with Crippen molar-refractivity contribution >= 4 is 17.2 Å². The molecule has 4 aromatic rings. The van der Waals surface area contributed by atoms with Gasteiger partial charge in [-0.05, 0) is 30.2 Å². The second-order valence-electron chi connectivity index (χ2n) is 7.65. The van der Waals surface area contributed by atoms with Gasteiger partial charge in [0.1, 0.15) is 0 Å². The van der Waals surface area contributed by atoms with Crippen LogP contribution in [0.1, 0.15) is 27.9 Å². The van der Waals surface area contributed by atoms with Crippen molar-refractivity contribution in [3.63, 3.8) is 0 Å². The van der Waals surface area contributed by atoms with Crippen LogP contribution in [0, 0.1) is 6.92 Å². The minimum atomic E-state index is -0.0419. The van der Waals surface area contributed by atoms with E-state index in [9.17, 15) is 4.79 Å². The minimum Gasteiger partial charge on any atom is -0.348 e. The van der Waals surface area contributed by atoms with E-state index < -0.39 is 0 Å². The van der Waals surface area contributed by atoms with Crippen LogP contribution in [0.25, 0.3) is 11.3 Å². The van der Waals surface area contributed by atoms with E-state index in [0.29, 0.717) is 6.42 Å². The van der Waals surface area contributed by atoms with E-state index in [0.717, 1.165) is 40.5 Å². The Morgan fingerprint density at radius 2 is 1.83 bits per heavy atom. The first-order valence-corrected chi connectivity index (χ1v) is 11.1. The topological polar surface area (TPSA) is 38.1 Å². The Labute approximate surface area is 180 Å². The van der Waals surface area contributed by atoms with Gasteiger partial charge in [0.15, 0.2) is 0 Å². The van der Waals surface area contributed by atoms with Gasteiger partial charge < -0.3 is 9.47 Å². The fraction of sp³-hybridized carbons (Fsp3) is 0.200. The van der Waals surface area contributed by atoms with E-state index in [2.05, 4.69) is 57.5 Å². The van der Waals surface area contributed by atoms with Crippen LogP contribution < -0.4 is 0 Å². The highest BCUT2D eigenvalue weighted by Gasteiger charge is 2.31. The summed E-state index contributed by atoms with van der Waals surface area (Å²) in [5.41, 5.74) is 5.45. The normalized spacial score (nSPS) is 15.8. The molecule has 2 aromatic carbocycles. The van der Waals surface area contributed by atoms with Gasteiger partial charge in [-0.25, -0.2) is 4.98 Å². The van der Waals surface area contributed by atoms with Crippen LogP contribution in [0.4, 0.5) is 0 Å². The van der Waals surface area contributed by atoms with E-state index in [1.54, 1.807) is 11.3 Å². The van der Waals surface area contributed by atoms with Crippen LogP contribution in [0.2, 0.25) is 0 Å². The Balaban J connectivity index is 1.38. The fourth-order valence-electron chi connectivity index (χ4n) is 4.20. The third-order valence-corrected chi connectivity index (χ3v) is 6.47. The van der Waals surface area contributed by atoms with Gasteiger partial charge in [0.05, 0.1) is 23.2 Å². The molecule has 0 spiro atoms. The van der Waals surface area contributed by atoms with Crippen molar-refractivity contribution in [2.24, 2.45) is 0 Å². The lowest BCUT2D eigenvalue weighted by Crippen LogP contribution is -2.43. The number of hydrogen-bond acceptors (Lipinski definition) is 3. The first kappa shape index (κ1) is 18.8. The number of hydrogen-bond donors (Lipinski definition) is 0. The monoisotopic (exact) mass is 413 g/mol. The van der Waals surface area contributed by atoms with Gasteiger partial charge in [-0.15, -0.1) is 11.3 Å². The molecule has 0 radical (unpaired) electrons. The lowest BCUT2D eigenvalue weighted by atomic mass is 9.98. The zero-order chi connectivity index (χ0) is 20.5. The van der Waals surface area contributed by atoms with Gasteiger partial charge in [0, 0.05) is 35.9 Å². The van der Waals surface area contributed by atoms with Gasteiger partial charge in [-0.3, -0.25) is 4.79 Å². The smallest absolute Gasteiger partial charge is 0.227 e. The average molecular weight is 414 g/mol. The molecule has 150 valence electrons. The predicted octanol–water partition coefficient (Wildman–Crippen LogP) is 5.09. The second kappa shape index (κ2) is 7.92. The quantitative estimate of drug-likeness (QED) is 0.467.